The van der Waals surface area contributed by atoms with Crippen LogP contribution in [0.15, 0.2) is 23.1 Å². The number of rotatable bonds is 3. The average molecular weight is 340 g/mol. The van der Waals surface area contributed by atoms with E-state index in [1.807, 2.05) is 18.2 Å². The monoisotopic (exact) mass is 339 g/mol. The van der Waals surface area contributed by atoms with Gasteiger partial charge in [0.25, 0.3) is 0 Å². The molecule has 1 aromatic carbocycles. The second-order valence-corrected chi connectivity index (χ2v) is 16.4. The van der Waals surface area contributed by atoms with Crippen LogP contribution in [0, 0.1) is 0 Å². The Bertz CT molecular complexity index is 660. The zero-order chi connectivity index (χ0) is 16.8. The van der Waals surface area contributed by atoms with E-state index in [1.165, 1.54) is 11.1 Å². The van der Waals surface area contributed by atoms with Crippen LogP contribution < -0.4 is 0 Å². The molecule has 22 heavy (non-hydrogen) atoms. The molecule has 1 aromatic rings. The summed E-state index contributed by atoms with van der Waals surface area (Å²) in [6.07, 6.45) is 1.01. The second kappa shape index (κ2) is 5.76. The van der Waals surface area contributed by atoms with Crippen molar-refractivity contribution in [2.24, 2.45) is 0 Å². The molecule has 0 aliphatic carbocycles. The van der Waals surface area contributed by atoms with Crippen molar-refractivity contribution < 1.29 is 8.42 Å². The summed E-state index contributed by atoms with van der Waals surface area (Å²) in [5.74, 6) is 0. The molecular formula is C17H29NO2SSi. The minimum atomic E-state index is -3.21. The number of nitrogens with zero attached hydrogens (tertiary/aromatic N) is 1. The second-order valence-electron chi connectivity index (χ2n) is 8.31. The van der Waals surface area contributed by atoms with Gasteiger partial charge in [-0.1, -0.05) is 39.9 Å². The first kappa shape index (κ1) is 17.7. The Morgan fingerprint density at radius 3 is 2.41 bits per heavy atom. The molecule has 3 nitrogen and oxygen atoms in total. The summed E-state index contributed by atoms with van der Waals surface area (Å²) in [7, 11) is -3.00. The fourth-order valence-electron chi connectivity index (χ4n) is 2.64. The van der Waals surface area contributed by atoms with Crippen LogP contribution in [-0.4, -0.2) is 40.4 Å². The third-order valence-corrected chi connectivity index (χ3v) is 14.8. The molecule has 5 heteroatoms. The lowest BCUT2D eigenvalue weighted by molar-refractivity contribution is 0.312. The zero-order valence-electron chi connectivity index (χ0n) is 14.7. The van der Waals surface area contributed by atoms with Gasteiger partial charge in [-0.05, 0) is 41.8 Å². The minimum absolute atomic E-state index is 0.0779. The molecule has 0 aromatic heterocycles. The fourth-order valence-corrected chi connectivity index (χ4v) is 9.44. The normalized spacial score (nSPS) is 17.4. The van der Waals surface area contributed by atoms with E-state index < -0.39 is 17.9 Å². The molecule has 0 spiro atoms. The molecule has 1 heterocycles. The van der Waals surface area contributed by atoms with Crippen molar-refractivity contribution in [2.45, 2.75) is 56.8 Å². The summed E-state index contributed by atoms with van der Waals surface area (Å²) in [6, 6.07) is 5.74. The molecule has 0 saturated carbocycles. The van der Waals surface area contributed by atoms with Gasteiger partial charge in [-0.2, -0.15) is 0 Å². The molecule has 0 bridgehead atoms. The third kappa shape index (κ3) is 3.63. The van der Waals surface area contributed by atoms with Gasteiger partial charge in [0.2, 0.25) is 0 Å². The maximum absolute atomic E-state index is 12.9. The molecule has 2 rings (SSSR count). The predicted octanol–water partition coefficient (Wildman–Crippen LogP) is 3.50. The quantitative estimate of drug-likeness (QED) is 0.791. The van der Waals surface area contributed by atoms with Crippen LogP contribution in [-0.2, 0) is 22.8 Å². The largest absolute Gasteiger partial charge is 0.302 e. The molecule has 0 saturated heterocycles. The highest BCUT2D eigenvalue weighted by atomic mass is 32.2. The Labute approximate surface area is 136 Å². The van der Waals surface area contributed by atoms with E-state index in [4.69, 9.17) is 0 Å². The van der Waals surface area contributed by atoms with Gasteiger partial charge in [0.05, 0.1) is 13.0 Å². The van der Waals surface area contributed by atoms with E-state index in [1.54, 1.807) is 0 Å². The summed E-state index contributed by atoms with van der Waals surface area (Å²) in [4.78, 5) is 2.75. The molecule has 0 unspecified atom stereocenters. The van der Waals surface area contributed by atoms with Gasteiger partial charge in [0.15, 0.2) is 9.84 Å². The first-order valence-electron chi connectivity index (χ1n) is 7.95. The van der Waals surface area contributed by atoms with Crippen molar-refractivity contribution in [3.8, 4) is 0 Å². The third-order valence-electron chi connectivity index (χ3n) is 5.32. The van der Waals surface area contributed by atoms with Crippen molar-refractivity contribution in [1.29, 1.82) is 0 Å². The van der Waals surface area contributed by atoms with E-state index in [0.717, 1.165) is 19.5 Å². The predicted molar refractivity (Wildman–Crippen MR) is 95.7 cm³/mol. The Morgan fingerprint density at radius 1 is 1.18 bits per heavy atom. The highest BCUT2D eigenvalue weighted by Gasteiger charge is 2.39. The van der Waals surface area contributed by atoms with Crippen molar-refractivity contribution in [3.05, 3.63) is 29.3 Å². The molecule has 1 aliphatic heterocycles. The maximum Gasteiger partial charge on any atom is 0.175 e. The van der Waals surface area contributed by atoms with Crippen LogP contribution >= 0.6 is 0 Å². The number of likely N-dealkylation sites (N-methyl/N-ethyl adjacent to an activating group) is 1. The molecular weight excluding hydrogens is 310 g/mol. The van der Waals surface area contributed by atoms with Crippen molar-refractivity contribution in [3.63, 3.8) is 0 Å². The topological polar surface area (TPSA) is 37.4 Å². The maximum atomic E-state index is 12.9. The summed E-state index contributed by atoms with van der Waals surface area (Å²) < 4.78 is 25.8. The number of hydrogen-bond donors (Lipinski definition) is 0. The Hall–Kier alpha value is -0.653. The van der Waals surface area contributed by atoms with Gasteiger partial charge < -0.3 is 4.90 Å². The molecule has 1 aliphatic rings. The van der Waals surface area contributed by atoms with Crippen LogP contribution in [0.3, 0.4) is 0 Å². The number of benzene rings is 1. The van der Waals surface area contributed by atoms with Crippen LogP contribution in [0.1, 0.15) is 31.9 Å². The number of sulfone groups is 1. The van der Waals surface area contributed by atoms with E-state index in [9.17, 15) is 8.42 Å². The van der Waals surface area contributed by atoms with E-state index in [2.05, 4.69) is 45.8 Å². The van der Waals surface area contributed by atoms with E-state index in [0.29, 0.717) is 10.3 Å². The van der Waals surface area contributed by atoms with Gasteiger partial charge in [-0.15, -0.1) is 0 Å². The minimum Gasteiger partial charge on any atom is -0.302 e. The van der Waals surface area contributed by atoms with Gasteiger partial charge in [0.1, 0.15) is 0 Å². The molecule has 0 fully saturated rings. The highest BCUT2D eigenvalue weighted by Crippen LogP contribution is 2.37. The first-order chi connectivity index (χ1) is 9.92. The van der Waals surface area contributed by atoms with Crippen molar-refractivity contribution in [1.82, 2.24) is 4.90 Å². The lowest BCUT2D eigenvalue weighted by Gasteiger charge is -2.36. The molecule has 0 N–H and O–H groups in total. The van der Waals surface area contributed by atoms with Crippen molar-refractivity contribution >= 4 is 17.9 Å². The van der Waals surface area contributed by atoms with Crippen LogP contribution in [0.2, 0.25) is 18.1 Å². The van der Waals surface area contributed by atoms with Crippen molar-refractivity contribution in [2.75, 3.05) is 19.0 Å². The summed E-state index contributed by atoms with van der Waals surface area (Å²) >= 11 is 0. The summed E-state index contributed by atoms with van der Waals surface area (Å²) in [5, 5.41) is 0.395. The first-order valence-corrected chi connectivity index (χ1v) is 12.8. The fraction of sp³-hybridized carbons (Fsp3) is 0.647. The summed E-state index contributed by atoms with van der Waals surface area (Å²) in [6.45, 7) is 12.7. The van der Waals surface area contributed by atoms with Crippen LogP contribution in [0.4, 0.5) is 0 Å². The lowest BCUT2D eigenvalue weighted by atomic mass is 10.0. The number of hydrogen-bond acceptors (Lipinski definition) is 3. The highest BCUT2D eigenvalue weighted by molar-refractivity contribution is 7.93. The van der Waals surface area contributed by atoms with E-state index in [-0.39, 0.29) is 5.04 Å². The van der Waals surface area contributed by atoms with Gasteiger partial charge >= 0.3 is 0 Å². The van der Waals surface area contributed by atoms with Gasteiger partial charge in [0, 0.05) is 18.5 Å². The Kier molecular flexibility index (Phi) is 4.64. The molecule has 0 radical (unpaired) electrons. The smallest absolute Gasteiger partial charge is 0.175 e. The van der Waals surface area contributed by atoms with Crippen LogP contribution in [0.25, 0.3) is 0 Å². The standard InChI is InChI=1S/C17H29NO2SSi/c1-17(2,3)22(5,6)13-21(19,20)16-8-7-14-9-10-18(4)12-15(14)11-16/h7-8,11H,9-10,12-13H2,1-6H3. The Balaban J connectivity index is 2.33. The zero-order valence-corrected chi connectivity index (χ0v) is 16.5. The van der Waals surface area contributed by atoms with Crippen LogP contribution in [0.5, 0.6) is 0 Å². The lowest BCUT2D eigenvalue weighted by Crippen LogP contribution is -2.44. The van der Waals surface area contributed by atoms with Gasteiger partial charge in [-0.3, -0.25) is 0 Å². The number of fused-ring (bicyclic) bond motifs is 1. The average Bonchev–Trinajstić information content (AvgIpc) is 2.35. The Morgan fingerprint density at radius 2 is 1.82 bits per heavy atom. The SMILES string of the molecule is CN1CCc2ccc(S(=O)(=O)C[Si](C)(C)C(C)(C)C)cc2C1. The molecule has 0 amide bonds. The summed E-state index contributed by atoms with van der Waals surface area (Å²) in [5.41, 5.74) is 2.47. The molecule has 124 valence electrons. The molecule has 0 atom stereocenters. The van der Waals surface area contributed by atoms with E-state index >= 15 is 0 Å². The van der Waals surface area contributed by atoms with Gasteiger partial charge in [-0.25, -0.2) is 8.42 Å².